The van der Waals surface area contributed by atoms with Gasteiger partial charge in [0.25, 0.3) is 5.91 Å². The van der Waals surface area contributed by atoms with Crippen LogP contribution in [0.2, 0.25) is 0 Å². The second-order valence-corrected chi connectivity index (χ2v) is 14.6. The van der Waals surface area contributed by atoms with Crippen molar-refractivity contribution in [2.45, 2.75) is 56.5 Å². The van der Waals surface area contributed by atoms with Gasteiger partial charge in [0.15, 0.2) is 10.8 Å². The van der Waals surface area contributed by atoms with Crippen molar-refractivity contribution in [1.29, 1.82) is 0 Å². The predicted octanol–water partition coefficient (Wildman–Crippen LogP) is 4.58. The number of hydrogen-bond acceptors (Lipinski definition) is 9. The van der Waals surface area contributed by atoms with Crippen LogP contribution in [0.25, 0.3) is 21.0 Å². The van der Waals surface area contributed by atoms with E-state index in [1.807, 2.05) is 69.2 Å². The predicted molar refractivity (Wildman–Crippen MR) is 185 cm³/mol. The highest BCUT2D eigenvalue weighted by atomic mass is 32.2. The number of hydrazine groups is 1. The Balaban J connectivity index is 1.61. The van der Waals surface area contributed by atoms with Crippen LogP contribution in [-0.2, 0) is 10.0 Å². The zero-order chi connectivity index (χ0) is 33.0. The highest BCUT2D eigenvalue weighted by Gasteiger charge is 2.40. The van der Waals surface area contributed by atoms with Gasteiger partial charge in [0.2, 0.25) is 10.0 Å². The molecule has 1 saturated heterocycles. The number of amides is 1. The second-order valence-electron chi connectivity index (χ2n) is 11.8. The first-order chi connectivity index (χ1) is 22.1. The van der Waals surface area contributed by atoms with Crippen molar-refractivity contribution in [3.05, 3.63) is 65.2 Å². The van der Waals surface area contributed by atoms with Crippen molar-refractivity contribution in [2.24, 2.45) is 16.8 Å². The fraction of sp³-hybridized carbons (Fsp3) is 0.394. The topological polar surface area (TPSA) is 150 Å². The molecule has 1 amide bonds. The lowest BCUT2D eigenvalue weighted by Crippen LogP contribution is -2.52. The lowest BCUT2D eigenvalue weighted by atomic mass is 9.85. The fourth-order valence-corrected chi connectivity index (χ4v) is 8.38. The summed E-state index contributed by atoms with van der Waals surface area (Å²) in [6.45, 7) is 4.33. The van der Waals surface area contributed by atoms with Crippen LogP contribution in [0.4, 0.5) is 5.69 Å². The van der Waals surface area contributed by atoms with E-state index in [9.17, 15) is 18.0 Å². The quantitative estimate of drug-likeness (QED) is 0.0498. The molecular formula is C33H41N7O4S2. The van der Waals surface area contributed by atoms with Crippen LogP contribution in [0.1, 0.15) is 59.7 Å². The number of aromatic nitrogens is 1. The molecule has 46 heavy (non-hydrogen) atoms. The molecule has 5 rings (SSSR count). The van der Waals surface area contributed by atoms with Gasteiger partial charge in [0.1, 0.15) is 0 Å². The maximum Gasteiger partial charge on any atom is 0.256 e. The molecule has 0 saturated carbocycles. The summed E-state index contributed by atoms with van der Waals surface area (Å²) in [6.07, 6.45) is 3.82. The number of Topliss-reactive ketones (excluding diaryl/α,β-unsaturated/α-hetero) is 1. The molecule has 3 aromatic carbocycles. The minimum absolute atomic E-state index is 0.0756. The van der Waals surface area contributed by atoms with E-state index in [0.29, 0.717) is 29.7 Å². The number of piperidine rings is 1. The Morgan fingerprint density at radius 3 is 2.65 bits per heavy atom. The molecule has 0 aliphatic carbocycles. The maximum atomic E-state index is 14.9. The summed E-state index contributed by atoms with van der Waals surface area (Å²) >= 11 is 1.33. The molecule has 0 spiro atoms. The Hall–Kier alpha value is -3.91. The normalized spacial score (nSPS) is 17.9. The summed E-state index contributed by atoms with van der Waals surface area (Å²) in [6, 6.07) is 15.6. The van der Waals surface area contributed by atoms with Gasteiger partial charge in [-0.3, -0.25) is 14.6 Å². The van der Waals surface area contributed by atoms with E-state index >= 15 is 0 Å². The number of carbonyl (C=O) groups is 2. The lowest BCUT2D eigenvalue weighted by Gasteiger charge is -2.41. The third-order valence-corrected chi connectivity index (χ3v) is 11.1. The molecule has 244 valence electrons. The minimum atomic E-state index is -4.04. The Morgan fingerprint density at radius 2 is 1.93 bits per heavy atom. The third kappa shape index (κ3) is 6.77. The van der Waals surface area contributed by atoms with E-state index in [1.54, 1.807) is 17.0 Å². The first-order valence-electron chi connectivity index (χ1n) is 15.5. The number of nitrogens with two attached hydrogens (primary N) is 1. The molecule has 1 fully saturated rings. The van der Waals surface area contributed by atoms with Crippen LogP contribution >= 0.6 is 11.3 Å². The zero-order valence-electron chi connectivity index (χ0n) is 26.6. The first kappa shape index (κ1) is 33.5. The van der Waals surface area contributed by atoms with E-state index in [4.69, 9.17) is 5.84 Å². The van der Waals surface area contributed by atoms with E-state index in [-0.39, 0.29) is 35.4 Å². The Morgan fingerprint density at radius 1 is 1.15 bits per heavy atom. The molecule has 1 aliphatic heterocycles. The summed E-state index contributed by atoms with van der Waals surface area (Å²) < 4.78 is 31.1. The van der Waals surface area contributed by atoms with Crippen LogP contribution in [0, 0.1) is 5.92 Å². The van der Waals surface area contributed by atoms with E-state index in [2.05, 4.69) is 20.1 Å². The van der Waals surface area contributed by atoms with Crippen LogP contribution in [0.3, 0.4) is 0 Å². The number of anilines is 1. The number of nitrogens with zero attached hydrogens (tertiary/aromatic N) is 4. The van der Waals surface area contributed by atoms with Crippen LogP contribution in [0.15, 0.2) is 64.5 Å². The number of ketones is 1. The SMILES string of the molecule is CCCCNS(=O)(=O)c1ccc2c(N(C)C)cccc2c1C(=O)N1CCC(N=CNN)CC1C(C)C(=O)c1nc2ccccc2s1. The average molecular weight is 664 g/mol. The maximum absolute atomic E-state index is 14.9. The van der Waals surface area contributed by atoms with Crippen molar-refractivity contribution in [2.75, 3.05) is 32.1 Å². The highest BCUT2D eigenvalue weighted by Crippen LogP contribution is 2.36. The van der Waals surface area contributed by atoms with E-state index in [0.717, 1.165) is 27.7 Å². The summed E-state index contributed by atoms with van der Waals surface area (Å²) in [5.41, 5.74) is 4.13. The molecule has 4 aromatic rings. The number of likely N-dealkylation sites (tertiary alicyclic amines) is 1. The van der Waals surface area contributed by atoms with Crippen molar-refractivity contribution in [1.82, 2.24) is 20.0 Å². The summed E-state index contributed by atoms with van der Waals surface area (Å²) in [4.78, 5) is 41.5. The van der Waals surface area contributed by atoms with Gasteiger partial charge in [-0.15, -0.1) is 11.3 Å². The van der Waals surface area contributed by atoms with Gasteiger partial charge in [0.05, 0.1) is 33.1 Å². The number of para-hydroxylation sites is 1. The summed E-state index contributed by atoms with van der Waals surface area (Å²) in [5, 5.41) is 1.66. The monoisotopic (exact) mass is 663 g/mol. The second kappa shape index (κ2) is 14.2. The molecule has 0 radical (unpaired) electrons. The van der Waals surface area contributed by atoms with Gasteiger partial charge in [-0.25, -0.2) is 24.0 Å². The van der Waals surface area contributed by atoms with Gasteiger partial charge in [-0.1, -0.05) is 50.6 Å². The molecule has 1 aromatic heterocycles. The van der Waals surface area contributed by atoms with Gasteiger partial charge in [-0.05, 0) is 48.9 Å². The fourth-order valence-electron chi connectivity index (χ4n) is 6.10. The number of rotatable bonds is 12. The number of nitrogens with one attached hydrogen (secondary N) is 2. The van der Waals surface area contributed by atoms with Gasteiger partial charge < -0.3 is 15.2 Å². The molecule has 3 atom stereocenters. The Labute approximate surface area is 273 Å². The van der Waals surface area contributed by atoms with Gasteiger partial charge >= 0.3 is 0 Å². The van der Waals surface area contributed by atoms with Crippen molar-refractivity contribution >= 4 is 66.1 Å². The Kier molecular flexibility index (Phi) is 10.4. The number of carbonyl (C=O) groups excluding carboxylic acids is 2. The van der Waals surface area contributed by atoms with Crippen molar-refractivity contribution < 1.29 is 18.0 Å². The third-order valence-electron chi connectivity index (χ3n) is 8.54. The van der Waals surface area contributed by atoms with Crippen molar-refractivity contribution in [3.63, 3.8) is 0 Å². The number of thiazole rings is 1. The molecule has 0 bridgehead atoms. The molecule has 3 unspecified atom stereocenters. The highest BCUT2D eigenvalue weighted by molar-refractivity contribution is 7.89. The number of unbranched alkanes of at least 4 members (excludes halogenated alkanes) is 1. The molecule has 2 heterocycles. The van der Waals surface area contributed by atoms with Crippen LogP contribution < -0.4 is 20.9 Å². The number of aliphatic imine (C=N–C) groups is 1. The summed E-state index contributed by atoms with van der Waals surface area (Å²) in [5.74, 6) is 4.20. The number of benzene rings is 3. The first-order valence-corrected chi connectivity index (χ1v) is 17.8. The number of hydrogen-bond donors (Lipinski definition) is 3. The largest absolute Gasteiger partial charge is 0.377 e. The van der Waals surface area contributed by atoms with Crippen LogP contribution in [0.5, 0.6) is 0 Å². The molecular weight excluding hydrogens is 623 g/mol. The van der Waals surface area contributed by atoms with Crippen LogP contribution in [-0.4, -0.2) is 75.6 Å². The average Bonchev–Trinajstić information content (AvgIpc) is 3.50. The van der Waals surface area contributed by atoms with Crippen molar-refractivity contribution in [3.8, 4) is 0 Å². The summed E-state index contributed by atoms with van der Waals surface area (Å²) in [7, 11) is -0.232. The number of sulfonamides is 1. The van der Waals surface area contributed by atoms with E-state index in [1.165, 1.54) is 23.7 Å². The van der Waals surface area contributed by atoms with E-state index < -0.39 is 27.9 Å². The zero-order valence-corrected chi connectivity index (χ0v) is 28.2. The smallest absolute Gasteiger partial charge is 0.256 e. The standard InChI is InChI=1S/C33H41N7O4S2/c1-5-6-17-37-46(43,44)29-15-14-23-24(10-9-12-26(23)39(3)4)30(29)33(42)40-18-16-22(35-20-36-34)19-27(40)21(2)31(41)32-38-25-11-7-8-13-28(25)45-32/h7-15,20-22,27,37H,5-6,16-19,34H2,1-4H3,(H,35,36). The number of fused-ring (bicyclic) bond motifs is 2. The molecule has 1 aliphatic rings. The molecule has 13 heteroatoms. The lowest BCUT2D eigenvalue weighted by molar-refractivity contribution is 0.0481. The van der Waals surface area contributed by atoms with Gasteiger partial charge in [-0.2, -0.15) is 0 Å². The minimum Gasteiger partial charge on any atom is -0.377 e. The molecule has 4 N–H and O–H groups in total. The molecule has 11 nitrogen and oxygen atoms in total. The van der Waals surface area contributed by atoms with Gasteiger partial charge in [0, 0.05) is 50.2 Å². The Bertz CT molecular complexity index is 1840.